The first kappa shape index (κ1) is 11.7. The summed E-state index contributed by atoms with van der Waals surface area (Å²) in [7, 11) is 3.40. The lowest BCUT2D eigenvalue weighted by molar-refractivity contribution is -0.0505. The number of rotatable bonds is 4. The summed E-state index contributed by atoms with van der Waals surface area (Å²) in [5, 5.41) is 3.96. The van der Waals surface area contributed by atoms with Crippen molar-refractivity contribution >= 4 is 11.6 Å². The number of hydrogen-bond donors (Lipinski definition) is 1. The molecule has 1 N–H and O–H groups in total. The van der Waals surface area contributed by atoms with Crippen molar-refractivity contribution in [2.45, 2.75) is 12.0 Å². The molecule has 0 atom stereocenters. The predicted octanol–water partition coefficient (Wildman–Crippen LogP) is 1.88. The Hall–Kier alpha value is -0.770. The van der Waals surface area contributed by atoms with Gasteiger partial charge in [0.2, 0.25) is 0 Å². The van der Waals surface area contributed by atoms with Crippen molar-refractivity contribution in [1.82, 2.24) is 5.32 Å². The van der Waals surface area contributed by atoms with Crippen LogP contribution >= 0.6 is 11.6 Å². The summed E-state index contributed by atoms with van der Waals surface area (Å²) in [5.41, 5.74) is 0.896. The number of halogens is 1. The second-order valence-electron chi connectivity index (χ2n) is 4.09. The van der Waals surface area contributed by atoms with Crippen LogP contribution in [0.25, 0.3) is 0 Å². The SMILES string of the molecule is COc1cccc(Cl)c1CC1(OC)CNC1. The maximum Gasteiger partial charge on any atom is 0.123 e. The van der Waals surface area contributed by atoms with Crippen LogP contribution in [0.3, 0.4) is 0 Å². The Bertz CT molecular complexity index is 372. The van der Waals surface area contributed by atoms with E-state index in [-0.39, 0.29) is 5.60 Å². The highest BCUT2D eigenvalue weighted by Gasteiger charge is 2.38. The fraction of sp³-hybridized carbons (Fsp3) is 0.500. The van der Waals surface area contributed by atoms with E-state index in [0.29, 0.717) is 0 Å². The van der Waals surface area contributed by atoms with Crippen LogP contribution in [0.2, 0.25) is 5.02 Å². The summed E-state index contributed by atoms with van der Waals surface area (Å²) in [6, 6.07) is 5.70. The number of nitrogens with one attached hydrogen (secondary N) is 1. The second kappa shape index (κ2) is 4.62. The Kier molecular flexibility index (Phi) is 3.38. The second-order valence-corrected chi connectivity index (χ2v) is 4.50. The number of hydrogen-bond acceptors (Lipinski definition) is 3. The van der Waals surface area contributed by atoms with Gasteiger partial charge in [0.25, 0.3) is 0 Å². The molecule has 16 heavy (non-hydrogen) atoms. The van der Waals surface area contributed by atoms with Gasteiger partial charge in [-0.15, -0.1) is 0 Å². The average Bonchev–Trinajstić information content (AvgIpc) is 2.25. The zero-order chi connectivity index (χ0) is 11.6. The quantitative estimate of drug-likeness (QED) is 0.873. The molecular weight excluding hydrogens is 226 g/mol. The summed E-state index contributed by atoms with van der Waals surface area (Å²) in [5.74, 6) is 0.829. The average molecular weight is 242 g/mol. The minimum atomic E-state index is -0.127. The van der Waals surface area contributed by atoms with Gasteiger partial charge in [-0.05, 0) is 12.1 Å². The standard InChI is InChI=1S/C12H16ClNO2/c1-15-11-5-3-4-10(13)9(11)6-12(16-2)7-14-8-12/h3-5,14H,6-8H2,1-2H3. The summed E-state index contributed by atoms with van der Waals surface area (Å²) in [4.78, 5) is 0. The number of benzene rings is 1. The monoisotopic (exact) mass is 241 g/mol. The van der Waals surface area contributed by atoms with Gasteiger partial charge in [-0.1, -0.05) is 17.7 Å². The Balaban J connectivity index is 2.26. The molecule has 0 radical (unpaired) electrons. The molecule has 3 nitrogen and oxygen atoms in total. The van der Waals surface area contributed by atoms with Crippen molar-refractivity contribution < 1.29 is 9.47 Å². The molecule has 0 spiro atoms. The molecule has 1 heterocycles. The van der Waals surface area contributed by atoms with E-state index in [2.05, 4.69) is 5.32 Å². The third kappa shape index (κ3) is 2.03. The topological polar surface area (TPSA) is 30.5 Å². The molecule has 1 aliphatic heterocycles. The molecular formula is C12H16ClNO2. The van der Waals surface area contributed by atoms with Crippen LogP contribution < -0.4 is 10.1 Å². The van der Waals surface area contributed by atoms with Crippen molar-refractivity contribution in [3.05, 3.63) is 28.8 Å². The molecule has 1 fully saturated rings. The third-order valence-corrected chi connectivity index (χ3v) is 3.48. The fourth-order valence-electron chi connectivity index (χ4n) is 1.97. The van der Waals surface area contributed by atoms with Crippen molar-refractivity contribution in [2.75, 3.05) is 27.3 Å². The molecule has 0 bridgehead atoms. The lowest BCUT2D eigenvalue weighted by Crippen LogP contribution is -2.61. The zero-order valence-corrected chi connectivity index (χ0v) is 10.3. The van der Waals surface area contributed by atoms with E-state index in [1.165, 1.54) is 0 Å². The molecule has 0 aromatic heterocycles. The summed E-state index contributed by atoms with van der Waals surface area (Å²) in [6.45, 7) is 1.72. The van der Waals surface area contributed by atoms with Gasteiger partial charge in [-0.2, -0.15) is 0 Å². The predicted molar refractivity (Wildman–Crippen MR) is 64.3 cm³/mol. The molecule has 0 saturated carbocycles. The Labute approximate surface area is 101 Å². The van der Waals surface area contributed by atoms with Crippen LogP contribution in [0.15, 0.2) is 18.2 Å². The lowest BCUT2D eigenvalue weighted by Gasteiger charge is -2.41. The highest BCUT2D eigenvalue weighted by Crippen LogP contribution is 2.32. The molecule has 0 amide bonds. The van der Waals surface area contributed by atoms with E-state index < -0.39 is 0 Å². The summed E-state index contributed by atoms with van der Waals surface area (Å²) in [6.07, 6.45) is 0.777. The third-order valence-electron chi connectivity index (χ3n) is 3.12. The van der Waals surface area contributed by atoms with Crippen LogP contribution in [-0.2, 0) is 11.2 Å². The fourth-order valence-corrected chi connectivity index (χ4v) is 2.20. The Morgan fingerprint density at radius 1 is 1.38 bits per heavy atom. The van der Waals surface area contributed by atoms with Gasteiger partial charge in [-0.3, -0.25) is 0 Å². The van der Waals surface area contributed by atoms with Crippen molar-refractivity contribution in [3.63, 3.8) is 0 Å². The highest BCUT2D eigenvalue weighted by molar-refractivity contribution is 6.31. The lowest BCUT2D eigenvalue weighted by atomic mass is 9.88. The smallest absolute Gasteiger partial charge is 0.123 e. The summed E-state index contributed by atoms with van der Waals surface area (Å²) >= 11 is 6.20. The maximum absolute atomic E-state index is 6.20. The van der Waals surface area contributed by atoms with Crippen LogP contribution in [0.1, 0.15) is 5.56 Å². The van der Waals surface area contributed by atoms with Crippen LogP contribution in [0.4, 0.5) is 0 Å². The van der Waals surface area contributed by atoms with Gasteiger partial charge in [0.1, 0.15) is 5.75 Å². The van der Waals surface area contributed by atoms with Crippen LogP contribution in [0.5, 0.6) is 5.75 Å². The molecule has 1 aliphatic rings. The Morgan fingerprint density at radius 3 is 2.62 bits per heavy atom. The van der Waals surface area contributed by atoms with Gasteiger partial charge in [-0.25, -0.2) is 0 Å². The van der Waals surface area contributed by atoms with Crippen molar-refractivity contribution in [2.24, 2.45) is 0 Å². The molecule has 88 valence electrons. The number of methoxy groups -OCH3 is 2. The van der Waals surface area contributed by atoms with E-state index >= 15 is 0 Å². The van der Waals surface area contributed by atoms with Crippen LogP contribution in [0, 0.1) is 0 Å². The minimum Gasteiger partial charge on any atom is -0.496 e. The Morgan fingerprint density at radius 2 is 2.12 bits per heavy atom. The van der Waals surface area contributed by atoms with E-state index in [0.717, 1.165) is 35.8 Å². The van der Waals surface area contributed by atoms with Crippen molar-refractivity contribution in [1.29, 1.82) is 0 Å². The molecule has 2 rings (SSSR count). The van der Waals surface area contributed by atoms with E-state index in [4.69, 9.17) is 21.1 Å². The normalized spacial score (nSPS) is 17.9. The van der Waals surface area contributed by atoms with Gasteiger partial charge < -0.3 is 14.8 Å². The summed E-state index contributed by atoms with van der Waals surface area (Å²) < 4.78 is 10.9. The maximum atomic E-state index is 6.20. The zero-order valence-electron chi connectivity index (χ0n) is 9.55. The van der Waals surface area contributed by atoms with E-state index in [9.17, 15) is 0 Å². The van der Waals surface area contributed by atoms with E-state index in [1.54, 1.807) is 14.2 Å². The van der Waals surface area contributed by atoms with Gasteiger partial charge in [0.15, 0.2) is 0 Å². The molecule has 0 unspecified atom stereocenters. The number of ether oxygens (including phenoxy) is 2. The molecule has 1 aromatic rings. The van der Waals surface area contributed by atoms with Gasteiger partial charge >= 0.3 is 0 Å². The molecule has 1 saturated heterocycles. The minimum absolute atomic E-state index is 0.127. The first-order chi connectivity index (χ1) is 7.71. The first-order valence-electron chi connectivity index (χ1n) is 5.28. The van der Waals surface area contributed by atoms with Crippen LogP contribution in [-0.4, -0.2) is 32.9 Å². The molecule has 4 heteroatoms. The van der Waals surface area contributed by atoms with E-state index in [1.807, 2.05) is 18.2 Å². The first-order valence-corrected chi connectivity index (χ1v) is 5.66. The van der Waals surface area contributed by atoms with Gasteiger partial charge in [0.05, 0.1) is 12.7 Å². The molecule has 0 aliphatic carbocycles. The van der Waals surface area contributed by atoms with Gasteiger partial charge in [0, 0.05) is 37.2 Å². The highest BCUT2D eigenvalue weighted by atomic mass is 35.5. The van der Waals surface area contributed by atoms with Crippen molar-refractivity contribution in [3.8, 4) is 5.75 Å². The molecule has 1 aromatic carbocycles. The largest absolute Gasteiger partial charge is 0.496 e.